The lowest BCUT2D eigenvalue weighted by molar-refractivity contribution is -0.0603. The molecular formula is C24H26O4. The number of rotatable bonds is 8. The molecule has 0 aliphatic rings. The molecule has 0 radical (unpaired) electrons. The fraction of sp³-hybridized carbons (Fsp3) is 0.250. The topological polar surface area (TPSA) is 47.9 Å². The van der Waals surface area contributed by atoms with Gasteiger partial charge in [-0.3, -0.25) is 0 Å². The van der Waals surface area contributed by atoms with Crippen molar-refractivity contribution in [3.8, 4) is 11.5 Å². The SMILES string of the molecule is COc1ccc(C(OC(C)CO)(c2ccccc2)c2ccc(OC)cc2)cc1. The van der Waals surface area contributed by atoms with E-state index in [1.54, 1.807) is 14.2 Å². The van der Waals surface area contributed by atoms with Gasteiger partial charge in [0, 0.05) is 0 Å². The summed E-state index contributed by atoms with van der Waals surface area (Å²) in [7, 11) is 3.29. The second kappa shape index (κ2) is 8.91. The van der Waals surface area contributed by atoms with Crippen LogP contribution in [0.2, 0.25) is 0 Å². The minimum absolute atomic E-state index is 0.0824. The molecule has 0 saturated carbocycles. The van der Waals surface area contributed by atoms with Crippen molar-refractivity contribution in [1.29, 1.82) is 0 Å². The zero-order valence-electron chi connectivity index (χ0n) is 16.5. The van der Waals surface area contributed by atoms with Crippen LogP contribution in [-0.4, -0.2) is 32.0 Å². The van der Waals surface area contributed by atoms with Crippen molar-refractivity contribution < 1.29 is 19.3 Å². The number of aliphatic hydroxyl groups is 1. The molecule has 0 aliphatic carbocycles. The summed E-state index contributed by atoms with van der Waals surface area (Å²) in [6.45, 7) is 1.78. The van der Waals surface area contributed by atoms with Crippen LogP contribution in [-0.2, 0) is 10.3 Å². The van der Waals surface area contributed by atoms with E-state index in [0.29, 0.717) is 0 Å². The molecule has 0 fully saturated rings. The van der Waals surface area contributed by atoms with E-state index in [1.807, 2.05) is 85.8 Å². The van der Waals surface area contributed by atoms with Gasteiger partial charge >= 0.3 is 0 Å². The van der Waals surface area contributed by atoms with Crippen molar-refractivity contribution in [3.05, 3.63) is 95.6 Å². The average molecular weight is 378 g/mol. The van der Waals surface area contributed by atoms with E-state index < -0.39 is 5.60 Å². The van der Waals surface area contributed by atoms with E-state index in [0.717, 1.165) is 28.2 Å². The highest BCUT2D eigenvalue weighted by Gasteiger charge is 2.39. The molecule has 3 aromatic carbocycles. The quantitative estimate of drug-likeness (QED) is 0.591. The molecule has 1 atom stereocenters. The maximum absolute atomic E-state index is 9.74. The highest BCUT2D eigenvalue weighted by Crippen LogP contribution is 2.42. The number of aliphatic hydroxyl groups excluding tert-OH is 1. The first-order chi connectivity index (χ1) is 13.6. The van der Waals surface area contributed by atoms with E-state index in [9.17, 15) is 5.11 Å². The van der Waals surface area contributed by atoms with E-state index in [4.69, 9.17) is 14.2 Å². The lowest BCUT2D eigenvalue weighted by Crippen LogP contribution is -2.37. The van der Waals surface area contributed by atoms with Gasteiger partial charge in [-0.15, -0.1) is 0 Å². The van der Waals surface area contributed by atoms with Crippen LogP contribution in [0.1, 0.15) is 23.6 Å². The Morgan fingerprint density at radius 2 is 1.14 bits per heavy atom. The molecule has 3 rings (SSSR count). The average Bonchev–Trinajstić information content (AvgIpc) is 2.78. The van der Waals surface area contributed by atoms with Crippen molar-refractivity contribution in [2.75, 3.05) is 20.8 Å². The van der Waals surface area contributed by atoms with Crippen LogP contribution in [0.15, 0.2) is 78.9 Å². The Morgan fingerprint density at radius 1 is 0.714 bits per heavy atom. The van der Waals surface area contributed by atoms with Crippen LogP contribution < -0.4 is 9.47 Å². The van der Waals surface area contributed by atoms with Crippen molar-refractivity contribution in [1.82, 2.24) is 0 Å². The summed E-state index contributed by atoms with van der Waals surface area (Å²) in [4.78, 5) is 0. The first-order valence-electron chi connectivity index (χ1n) is 9.27. The Balaban J connectivity index is 2.26. The smallest absolute Gasteiger partial charge is 0.144 e. The number of hydrogen-bond acceptors (Lipinski definition) is 4. The van der Waals surface area contributed by atoms with E-state index in [2.05, 4.69) is 0 Å². The molecule has 0 aliphatic heterocycles. The van der Waals surface area contributed by atoms with Gasteiger partial charge in [-0.05, 0) is 47.9 Å². The van der Waals surface area contributed by atoms with Crippen LogP contribution in [0.5, 0.6) is 11.5 Å². The van der Waals surface area contributed by atoms with Crippen LogP contribution >= 0.6 is 0 Å². The summed E-state index contributed by atoms with van der Waals surface area (Å²) in [6, 6.07) is 25.7. The molecular weight excluding hydrogens is 352 g/mol. The van der Waals surface area contributed by atoms with Crippen LogP contribution in [0.3, 0.4) is 0 Å². The molecule has 1 N–H and O–H groups in total. The van der Waals surface area contributed by atoms with Crippen LogP contribution in [0, 0.1) is 0 Å². The minimum Gasteiger partial charge on any atom is -0.497 e. The maximum Gasteiger partial charge on any atom is 0.144 e. The molecule has 0 aromatic heterocycles. The molecule has 0 spiro atoms. The monoisotopic (exact) mass is 378 g/mol. The summed E-state index contributed by atoms with van der Waals surface area (Å²) in [5.74, 6) is 1.55. The van der Waals surface area contributed by atoms with Crippen molar-refractivity contribution in [3.63, 3.8) is 0 Å². The maximum atomic E-state index is 9.74. The molecule has 0 saturated heterocycles. The molecule has 0 amide bonds. The zero-order chi connectivity index (χ0) is 20.0. The predicted molar refractivity (Wildman–Crippen MR) is 110 cm³/mol. The van der Waals surface area contributed by atoms with E-state index in [1.165, 1.54) is 0 Å². The van der Waals surface area contributed by atoms with Crippen LogP contribution in [0.4, 0.5) is 0 Å². The fourth-order valence-corrected chi connectivity index (χ4v) is 3.37. The summed E-state index contributed by atoms with van der Waals surface area (Å²) in [5.41, 5.74) is 1.99. The Labute approximate surface area is 166 Å². The molecule has 4 nitrogen and oxygen atoms in total. The Morgan fingerprint density at radius 3 is 1.54 bits per heavy atom. The Hall–Kier alpha value is -2.82. The number of ether oxygens (including phenoxy) is 3. The van der Waals surface area contributed by atoms with Gasteiger partial charge in [0.25, 0.3) is 0 Å². The summed E-state index contributed by atoms with van der Waals surface area (Å²) < 4.78 is 17.2. The number of hydrogen-bond donors (Lipinski definition) is 1. The van der Waals surface area contributed by atoms with Gasteiger partial charge in [-0.1, -0.05) is 54.6 Å². The van der Waals surface area contributed by atoms with Gasteiger partial charge < -0.3 is 19.3 Å². The van der Waals surface area contributed by atoms with Gasteiger partial charge in [0.1, 0.15) is 17.1 Å². The van der Waals surface area contributed by atoms with Gasteiger partial charge in [0.2, 0.25) is 0 Å². The van der Waals surface area contributed by atoms with Crippen molar-refractivity contribution >= 4 is 0 Å². The van der Waals surface area contributed by atoms with Gasteiger partial charge in [0.05, 0.1) is 26.9 Å². The molecule has 0 heterocycles. The summed E-state index contributed by atoms with van der Waals surface area (Å²) >= 11 is 0. The largest absolute Gasteiger partial charge is 0.497 e. The molecule has 3 aromatic rings. The van der Waals surface area contributed by atoms with Crippen molar-refractivity contribution in [2.24, 2.45) is 0 Å². The molecule has 1 unspecified atom stereocenters. The fourth-order valence-electron chi connectivity index (χ4n) is 3.37. The van der Waals surface area contributed by atoms with Gasteiger partial charge in [-0.25, -0.2) is 0 Å². The first kappa shape index (κ1) is 19.9. The van der Waals surface area contributed by atoms with Crippen LogP contribution in [0.25, 0.3) is 0 Å². The highest BCUT2D eigenvalue weighted by atomic mass is 16.5. The van der Waals surface area contributed by atoms with Gasteiger partial charge in [0.15, 0.2) is 0 Å². The van der Waals surface area contributed by atoms with E-state index >= 15 is 0 Å². The third kappa shape index (κ3) is 3.88. The normalized spacial score (nSPS) is 12.4. The van der Waals surface area contributed by atoms with E-state index in [-0.39, 0.29) is 12.7 Å². The predicted octanol–water partition coefficient (Wildman–Crippen LogP) is 4.39. The Kier molecular flexibility index (Phi) is 6.34. The number of benzene rings is 3. The molecule has 0 bridgehead atoms. The third-order valence-corrected chi connectivity index (χ3v) is 4.81. The zero-order valence-corrected chi connectivity index (χ0v) is 16.5. The lowest BCUT2D eigenvalue weighted by atomic mass is 9.79. The minimum atomic E-state index is -0.887. The molecule has 146 valence electrons. The third-order valence-electron chi connectivity index (χ3n) is 4.81. The van der Waals surface area contributed by atoms with Gasteiger partial charge in [-0.2, -0.15) is 0 Å². The standard InChI is InChI=1S/C24H26O4/c1-18(17-25)28-24(19-7-5-4-6-8-19,20-9-13-22(26-2)14-10-20)21-11-15-23(27-3)16-12-21/h4-16,18,25H,17H2,1-3H3. The van der Waals surface area contributed by atoms with Crippen molar-refractivity contribution in [2.45, 2.75) is 18.6 Å². The summed E-state index contributed by atoms with van der Waals surface area (Å²) in [5, 5.41) is 9.74. The second-order valence-corrected chi connectivity index (χ2v) is 6.62. The number of methoxy groups -OCH3 is 2. The Bertz CT molecular complexity index is 810. The summed E-state index contributed by atoms with van der Waals surface area (Å²) in [6.07, 6.45) is -0.371. The second-order valence-electron chi connectivity index (χ2n) is 6.62. The molecule has 4 heteroatoms. The molecule has 28 heavy (non-hydrogen) atoms. The highest BCUT2D eigenvalue weighted by molar-refractivity contribution is 5.49. The lowest BCUT2D eigenvalue weighted by Gasteiger charge is -2.38. The first-order valence-corrected chi connectivity index (χ1v) is 9.27.